The Balaban J connectivity index is 0.000000224. The first-order chi connectivity index (χ1) is 8.53. The lowest BCUT2D eigenvalue weighted by atomic mass is 10.2. The molecule has 2 bridgehead atoms. The van der Waals surface area contributed by atoms with E-state index in [0.717, 1.165) is 25.9 Å². The molecule has 2 fully saturated rings. The van der Waals surface area contributed by atoms with Gasteiger partial charge < -0.3 is 10.4 Å². The van der Waals surface area contributed by atoms with Crippen molar-refractivity contribution in [1.29, 1.82) is 0 Å². The van der Waals surface area contributed by atoms with E-state index in [9.17, 15) is 21.6 Å². The van der Waals surface area contributed by atoms with Crippen molar-refractivity contribution in [2.75, 3.05) is 19.3 Å². The molecule has 2 heterocycles. The van der Waals surface area contributed by atoms with Gasteiger partial charge in [-0.3, -0.25) is 0 Å². The second kappa shape index (κ2) is 5.63. The quantitative estimate of drug-likeness (QED) is 0.713. The second-order valence-corrected chi connectivity index (χ2v) is 6.33. The Hall–Kier alpha value is -0.870. The van der Waals surface area contributed by atoms with E-state index in [1.54, 1.807) is 4.31 Å². The Morgan fingerprint density at radius 2 is 1.63 bits per heavy atom. The zero-order valence-electron chi connectivity index (χ0n) is 10.1. The van der Waals surface area contributed by atoms with Crippen LogP contribution in [0.15, 0.2) is 0 Å². The molecule has 0 amide bonds. The highest BCUT2D eigenvalue weighted by Gasteiger charge is 2.41. The molecule has 2 N–H and O–H groups in total. The van der Waals surface area contributed by atoms with Crippen LogP contribution >= 0.6 is 0 Å². The lowest BCUT2D eigenvalue weighted by Gasteiger charge is -2.32. The number of carboxylic acid groups (broad SMARTS) is 1. The number of aliphatic carboxylic acids is 1. The summed E-state index contributed by atoms with van der Waals surface area (Å²) in [4.78, 5) is 8.90. The van der Waals surface area contributed by atoms with E-state index in [-0.39, 0.29) is 12.1 Å². The van der Waals surface area contributed by atoms with Crippen LogP contribution in [-0.2, 0) is 14.8 Å². The van der Waals surface area contributed by atoms with E-state index >= 15 is 0 Å². The molecule has 0 saturated carbocycles. The summed E-state index contributed by atoms with van der Waals surface area (Å²) in [6.07, 6.45) is -1.74. The van der Waals surface area contributed by atoms with Gasteiger partial charge in [0.25, 0.3) is 0 Å². The molecule has 0 aromatic rings. The first kappa shape index (κ1) is 16.2. The number of hydrogen-bond donors (Lipinski definition) is 2. The minimum Gasteiger partial charge on any atom is -0.475 e. The average molecular weight is 304 g/mol. The molecule has 0 aromatic heterocycles. The fraction of sp³-hybridized carbons (Fsp3) is 0.889. The molecular weight excluding hydrogens is 289 g/mol. The Morgan fingerprint density at radius 3 is 1.84 bits per heavy atom. The zero-order chi connectivity index (χ0) is 14.8. The number of sulfonamides is 1. The van der Waals surface area contributed by atoms with Gasteiger partial charge in [0, 0.05) is 25.2 Å². The van der Waals surface area contributed by atoms with Crippen molar-refractivity contribution in [3.05, 3.63) is 0 Å². The SMILES string of the molecule is CS(=O)(=O)N1C2CCC1CNC2.O=C(O)C(F)(F)F. The summed E-state index contributed by atoms with van der Waals surface area (Å²) in [6, 6.07) is 0.442. The molecule has 2 aliphatic rings. The van der Waals surface area contributed by atoms with Gasteiger partial charge in [-0.1, -0.05) is 0 Å². The average Bonchev–Trinajstić information content (AvgIpc) is 2.50. The number of carboxylic acids is 1. The summed E-state index contributed by atoms with van der Waals surface area (Å²) in [5.41, 5.74) is 0. The van der Waals surface area contributed by atoms with Gasteiger partial charge in [0.05, 0.1) is 6.26 Å². The summed E-state index contributed by atoms with van der Waals surface area (Å²) < 4.78 is 56.1. The molecule has 2 atom stereocenters. The number of carbonyl (C=O) groups is 1. The third-order valence-corrected chi connectivity index (χ3v) is 4.30. The smallest absolute Gasteiger partial charge is 0.475 e. The van der Waals surface area contributed by atoms with Crippen molar-refractivity contribution >= 4 is 16.0 Å². The van der Waals surface area contributed by atoms with Crippen molar-refractivity contribution < 1.29 is 31.5 Å². The highest BCUT2D eigenvalue weighted by molar-refractivity contribution is 7.88. The fourth-order valence-corrected chi connectivity index (χ4v) is 3.72. The summed E-state index contributed by atoms with van der Waals surface area (Å²) in [7, 11) is -2.97. The van der Waals surface area contributed by atoms with Gasteiger partial charge in [-0.2, -0.15) is 17.5 Å². The van der Waals surface area contributed by atoms with Crippen LogP contribution in [0.5, 0.6) is 0 Å². The maximum atomic E-state index is 11.3. The Morgan fingerprint density at radius 1 is 1.26 bits per heavy atom. The third kappa shape index (κ3) is 4.32. The van der Waals surface area contributed by atoms with Crippen LogP contribution in [0, 0.1) is 0 Å². The van der Waals surface area contributed by atoms with Gasteiger partial charge in [-0.25, -0.2) is 13.2 Å². The molecule has 0 spiro atoms. The van der Waals surface area contributed by atoms with E-state index in [2.05, 4.69) is 5.32 Å². The number of alkyl halides is 3. The number of halogens is 3. The highest BCUT2D eigenvalue weighted by atomic mass is 32.2. The molecule has 2 saturated heterocycles. The Bertz CT molecular complexity index is 421. The third-order valence-electron chi connectivity index (χ3n) is 2.94. The summed E-state index contributed by atoms with van der Waals surface area (Å²) in [5, 5.41) is 10.4. The molecule has 10 heteroatoms. The second-order valence-electron chi connectivity index (χ2n) is 4.44. The van der Waals surface area contributed by atoms with E-state index in [4.69, 9.17) is 9.90 Å². The minimum atomic E-state index is -5.08. The summed E-state index contributed by atoms with van der Waals surface area (Å²) in [6.45, 7) is 1.65. The highest BCUT2D eigenvalue weighted by Crippen LogP contribution is 2.28. The molecule has 19 heavy (non-hydrogen) atoms. The fourth-order valence-electron chi connectivity index (χ4n) is 2.28. The molecule has 2 aliphatic heterocycles. The van der Waals surface area contributed by atoms with E-state index in [1.165, 1.54) is 6.26 Å². The molecule has 0 aromatic carbocycles. The molecule has 2 unspecified atom stereocenters. The number of fused-ring (bicyclic) bond motifs is 2. The number of nitrogens with zero attached hydrogens (tertiary/aromatic N) is 1. The van der Waals surface area contributed by atoms with Crippen molar-refractivity contribution in [3.63, 3.8) is 0 Å². The van der Waals surface area contributed by atoms with Crippen LogP contribution in [0.3, 0.4) is 0 Å². The largest absolute Gasteiger partial charge is 0.490 e. The predicted molar refractivity (Wildman–Crippen MR) is 60.1 cm³/mol. The maximum Gasteiger partial charge on any atom is 0.490 e. The first-order valence-corrected chi connectivity index (χ1v) is 7.37. The predicted octanol–water partition coefficient (Wildman–Crippen LogP) is 0.0155. The topological polar surface area (TPSA) is 86.7 Å². The minimum absolute atomic E-state index is 0.221. The lowest BCUT2D eigenvalue weighted by molar-refractivity contribution is -0.192. The van der Waals surface area contributed by atoms with Crippen LogP contribution in [0.4, 0.5) is 13.2 Å². The van der Waals surface area contributed by atoms with Gasteiger partial charge in [-0.05, 0) is 12.8 Å². The van der Waals surface area contributed by atoms with Crippen molar-refractivity contribution in [3.8, 4) is 0 Å². The van der Waals surface area contributed by atoms with Gasteiger partial charge in [0.2, 0.25) is 10.0 Å². The normalized spacial score (nSPS) is 27.6. The van der Waals surface area contributed by atoms with Crippen LogP contribution in [0.2, 0.25) is 0 Å². The molecule has 0 aliphatic carbocycles. The molecule has 2 rings (SSSR count). The van der Waals surface area contributed by atoms with Gasteiger partial charge in [0.1, 0.15) is 0 Å². The molecular formula is C9H15F3N2O4S. The van der Waals surface area contributed by atoms with Gasteiger partial charge in [0.15, 0.2) is 0 Å². The first-order valence-electron chi connectivity index (χ1n) is 5.53. The molecule has 112 valence electrons. The van der Waals surface area contributed by atoms with Gasteiger partial charge in [-0.15, -0.1) is 0 Å². The maximum absolute atomic E-state index is 11.3. The zero-order valence-corrected chi connectivity index (χ0v) is 11.0. The van der Waals surface area contributed by atoms with Gasteiger partial charge >= 0.3 is 12.1 Å². The van der Waals surface area contributed by atoms with Crippen molar-refractivity contribution in [2.24, 2.45) is 0 Å². The lowest BCUT2D eigenvalue weighted by Crippen LogP contribution is -2.53. The number of nitrogens with one attached hydrogen (secondary N) is 1. The molecule has 6 nitrogen and oxygen atoms in total. The summed E-state index contributed by atoms with van der Waals surface area (Å²) in [5.74, 6) is -2.76. The summed E-state index contributed by atoms with van der Waals surface area (Å²) >= 11 is 0. The van der Waals surface area contributed by atoms with E-state index < -0.39 is 22.2 Å². The Kier molecular flexibility index (Phi) is 4.80. The van der Waals surface area contributed by atoms with Crippen LogP contribution < -0.4 is 5.32 Å². The number of rotatable bonds is 1. The number of hydrogen-bond acceptors (Lipinski definition) is 4. The van der Waals surface area contributed by atoms with Crippen LogP contribution in [0.25, 0.3) is 0 Å². The van der Waals surface area contributed by atoms with Crippen molar-refractivity contribution in [2.45, 2.75) is 31.1 Å². The van der Waals surface area contributed by atoms with E-state index in [0.29, 0.717) is 0 Å². The van der Waals surface area contributed by atoms with Crippen LogP contribution in [-0.4, -0.2) is 61.4 Å². The van der Waals surface area contributed by atoms with Crippen LogP contribution in [0.1, 0.15) is 12.8 Å². The van der Waals surface area contributed by atoms with E-state index in [1.807, 2.05) is 0 Å². The monoisotopic (exact) mass is 304 g/mol. The Labute approximate surface area is 108 Å². The number of piperazine rings is 1. The molecule has 0 radical (unpaired) electrons. The standard InChI is InChI=1S/C7H14N2O2S.C2HF3O2/c1-12(10,11)9-6-2-3-7(9)5-8-4-6;3-2(4,5)1(6)7/h6-8H,2-5H2,1H3;(H,6,7). The van der Waals surface area contributed by atoms with Crippen molar-refractivity contribution in [1.82, 2.24) is 9.62 Å².